The Kier molecular flexibility index (Phi) is 4.57. The number of ether oxygens (including phenoxy) is 1. The summed E-state index contributed by atoms with van der Waals surface area (Å²) in [6, 6.07) is 8.36. The van der Waals surface area contributed by atoms with Gasteiger partial charge in [0.15, 0.2) is 0 Å². The Morgan fingerprint density at radius 1 is 1.20 bits per heavy atom. The molecule has 2 aromatic carbocycles. The summed E-state index contributed by atoms with van der Waals surface area (Å²) < 4.78 is 32.6. The first-order valence-electron chi connectivity index (χ1n) is 6.09. The van der Waals surface area contributed by atoms with Gasteiger partial charge in [0.25, 0.3) is 0 Å². The zero-order chi connectivity index (χ0) is 14.7. The summed E-state index contributed by atoms with van der Waals surface area (Å²) >= 11 is 5.88. The minimum atomic E-state index is -0.454. The fourth-order valence-corrected chi connectivity index (χ4v) is 2.01. The summed E-state index contributed by atoms with van der Waals surface area (Å²) in [4.78, 5) is 0. The van der Waals surface area contributed by atoms with E-state index in [1.165, 1.54) is 18.2 Å². The second kappa shape index (κ2) is 6.20. The number of hydrogen-bond acceptors (Lipinski definition) is 2. The van der Waals surface area contributed by atoms with Crippen molar-refractivity contribution >= 4 is 11.6 Å². The number of nitrogens with two attached hydrogens (primary N) is 1. The second-order valence-corrected chi connectivity index (χ2v) is 4.87. The Bertz CT molecular complexity index is 597. The SMILES string of the molecule is C[C@H](N)c1ccc(OCc2c(F)cccc2Cl)cc1F. The largest absolute Gasteiger partial charge is 0.489 e. The van der Waals surface area contributed by atoms with E-state index in [2.05, 4.69) is 0 Å². The Labute approximate surface area is 121 Å². The van der Waals surface area contributed by atoms with E-state index < -0.39 is 17.7 Å². The fourth-order valence-electron chi connectivity index (χ4n) is 1.79. The Balaban J connectivity index is 2.14. The van der Waals surface area contributed by atoms with Crippen molar-refractivity contribution in [3.05, 3.63) is 64.2 Å². The van der Waals surface area contributed by atoms with Crippen molar-refractivity contribution in [2.45, 2.75) is 19.6 Å². The molecule has 0 unspecified atom stereocenters. The number of hydrogen-bond donors (Lipinski definition) is 1. The normalized spacial score (nSPS) is 12.2. The molecule has 0 aromatic heterocycles. The van der Waals surface area contributed by atoms with Gasteiger partial charge in [0.05, 0.1) is 5.02 Å². The monoisotopic (exact) mass is 297 g/mol. The lowest BCUT2D eigenvalue weighted by Gasteiger charge is -2.11. The molecular weight excluding hydrogens is 284 g/mol. The molecule has 2 N–H and O–H groups in total. The van der Waals surface area contributed by atoms with Crippen molar-refractivity contribution in [3.8, 4) is 5.75 Å². The smallest absolute Gasteiger partial charge is 0.131 e. The average Bonchev–Trinajstić information content (AvgIpc) is 2.37. The lowest BCUT2D eigenvalue weighted by atomic mass is 10.1. The molecule has 5 heteroatoms. The Morgan fingerprint density at radius 2 is 1.95 bits per heavy atom. The number of halogens is 3. The molecular formula is C15H14ClF2NO. The van der Waals surface area contributed by atoms with Crippen molar-refractivity contribution in [1.82, 2.24) is 0 Å². The number of benzene rings is 2. The third-order valence-corrected chi connectivity index (χ3v) is 3.26. The van der Waals surface area contributed by atoms with E-state index in [1.807, 2.05) is 0 Å². The van der Waals surface area contributed by atoms with E-state index in [4.69, 9.17) is 22.1 Å². The molecule has 2 rings (SSSR count). The lowest BCUT2D eigenvalue weighted by Crippen LogP contribution is -2.07. The van der Waals surface area contributed by atoms with Gasteiger partial charge in [-0.05, 0) is 25.1 Å². The van der Waals surface area contributed by atoms with Crippen LogP contribution >= 0.6 is 11.6 Å². The first kappa shape index (κ1) is 14.8. The zero-order valence-electron chi connectivity index (χ0n) is 10.9. The molecule has 0 radical (unpaired) electrons. The molecule has 2 aromatic rings. The first-order chi connectivity index (χ1) is 9.49. The summed E-state index contributed by atoms with van der Waals surface area (Å²) in [5, 5.41) is 0.276. The van der Waals surface area contributed by atoms with E-state index >= 15 is 0 Å². The van der Waals surface area contributed by atoms with Gasteiger partial charge in [0.1, 0.15) is 24.0 Å². The molecule has 0 saturated carbocycles. The predicted molar refractivity (Wildman–Crippen MR) is 74.7 cm³/mol. The van der Waals surface area contributed by atoms with Crippen molar-refractivity contribution in [3.63, 3.8) is 0 Å². The third kappa shape index (κ3) is 3.26. The van der Waals surface area contributed by atoms with Crippen LogP contribution in [0.25, 0.3) is 0 Å². The van der Waals surface area contributed by atoms with Crippen molar-refractivity contribution in [1.29, 1.82) is 0 Å². The van der Waals surface area contributed by atoms with E-state index in [0.717, 1.165) is 0 Å². The molecule has 106 valence electrons. The van der Waals surface area contributed by atoms with Crippen LogP contribution in [0.1, 0.15) is 24.1 Å². The molecule has 20 heavy (non-hydrogen) atoms. The molecule has 0 fully saturated rings. The molecule has 0 saturated heterocycles. The van der Waals surface area contributed by atoms with Crippen LogP contribution in [0.2, 0.25) is 5.02 Å². The zero-order valence-corrected chi connectivity index (χ0v) is 11.6. The minimum absolute atomic E-state index is 0.0670. The van der Waals surface area contributed by atoms with Crippen LogP contribution in [0.4, 0.5) is 8.78 Å². The van der Waals surface area contributed by atoms with Gasteiger partial charge in [-0.15, -0.1) is 0 Å². The van der Waals surface area contributed by atoms with Crippen LogP contribution in [-0.4, -0.2) is 0 Å². The first-order valence-corrected chi connectivity index (χ1v) is 6.47. The third-order valence-electron chi connectivity index (χ3n) is 2.91. The van der Waals surface area contributed by atoms with Crippen molar-refractivity contribution in [2.75, 3.05) is 0 Å². The molecule has 0 amide bonds. The highest BCUT2D eigenvalue weighted by atomic mass is 35.5. The molecule has 0 spiro atoms. The van der Waals surface area contributed by atoms with E-state index in [-0.39, 0.29) is 17.2 Å². The summed E-state index contributed by atoms with van der Waals surface area (Å²) in [6.07, 6.45) is 0. The summed E-state index contributed by atoms with van der Waals surface area (Å²) in [5.74, 6) is -0.603. The Hall–Kier alpha value is -1.65. The molecule has 0 aliphatic rings. The Morgan fingerprint density at radius 3 is 2.55 bits per heavy atom. The highest BCUT2D eigenvalue weighted by molar-refractivity contribution is 6.31. The molecule has 0 aliphatic carbocycles. The van der Waals surface area contributed by atoms with Crippen LogP contribution in [0.3, 0.4) is 0 Å². The highest BCUT2D eigenvalue weighted by Crippen LogP contribution is 2.24. The minimum Gasteiger partial charge on any atom is -0.489 e. The molecule has 1 atom stereocenters. The van der Waals surface area contributed by atoms with Gasteiger partial charge < -0.3 is 10.5 Å². The van der Waals surface area contributed by atoms with E-state index in [9.17, 15) is 8.78 Å². The summed E-state index contributed by atoms with van der Waals surface area (Å²) in [6.45, 7) is 1.63. The summed E-state index contributed by atoms with van der Waals surface area (Å²) in [7, 11) is 0. The van der Waals surface area contributed by atoms with Crippen molar-refractivity contribution in [2.24, 2.45) is 5.73 Å². The number of rotatable bonds is 4. The predicted octanol–water partition coefficient (Wildman–Crippen LogP) is 4.22. The van der Waals surface area contributed by atoms with Gasteiger partial charge >= 0.3 is 0 Å². The van der Waals surface area contributed by atoms with Crippen LogP contribution in [0.5, 0.6) is 5.75 Å². The van der Waals surface area contributed by atoms with Crippen LogP contribution in [0.15, 0.2) is 36.4 Å². The van der Waals surface area contributed by atoms with E-state index in [1.54, 1.807) is 25.1 Å². The lowest BCUT2D eigenvalue weighted by molar-refractivity contribution is 0.298. The maximum Gasteiger partial charge on any atom is 0.131 e. The average molecular weight is 298 g/mol. The molecule has 2 nitrogen and oxygen atoms in total. The highest BCUT2D eigenvalue weighted by Gasteiger charge is 2.10. The fraction of sp³-hybridized carbons (Fsp3) is 0.200. The molecule has 0 bridgehead atoms. The van der Waals surface area contributed by atoms with Gasteiger partial charge in [0, 0.05) is 23.2 Å². The topological polar surface area (TPSA) is 35.2 Å². The van der Waals surface area contributed by atoms with Gasteiger partial charge in [-0.1, -0.05) is 23.7 Å². The quantitative estimate of drug-likeness (QED) is 0.917. The van der Waals surface area contributed by atoms with Gasteiger partial charge in [-0.3, -0.25) is 0 Å². The standard InChI is InChI=1S/C15H14ClF2NO/c1-9(19)11-6-5-10(7-15(11)18)20-8-12-13(16)3-2-4-14(12)17/h2-7,9H,8,19H2,1H3/t9-/m0/s1. The van der Waals surface area contributed by atoms with E-state index in [0.29, 0.717) is 11.3 Å². The second-order valence-electron chi connectivity index (χ2n) is 4.46. The van der Waals surface area contributed by atoms with Crippen LogP contribution in [-0.2, 0) is 6.61 Å². The maximum atomic E-state index is 13.7. The van der Waals surface area contributed by atoms with Crippen molar-refractivity contribution < 1.29 is 13.5 Å². The van der Waals surface area contributed by atoms with Crippen LogP contribution in [0, 0.1) is 11.6 Å². The van der Waals surface area contributed by atoms with Gasteiger partial charge in [0.2, 0.25) is 0 Å². The molecule has 0 heterocycles. The molecule has 0 aliphatic heterocycles. The van der Waals surface area contributed by atoms with Crippen LogP contribution < -0.4 is 10.5 Å². The summed E-state index contributed by atoms with van der Waals surface area (Å²) in [5.41, 5.74) is 6.27. The van der Waals surface area contributed by atoms with Gasteiger partial charge in [-0.2, -0.15) is 0 Å². The maximum absolute atomic E-state index is 13.7. The van der Waals surface area contributed by atoms with Gasteiger partial charge in [-0.25, -0.2) is 8.78 Å².